The van der Waals surface area contributed by atoms with Gasteiger partial charge in [0.05, 0.1) is 6.42 Å². The van der Waals surface area contributed by atoms with Crippen LogP contribution in [0.3, 0.4) is 0 Å². The summed E-state index contributed by atoms with van der Waals surface area (Å²) in [7, 11) is 0. The van der Waals surface area contributed by atoms with Crippen molar-refractivity contribution in [3.63, 3.8) is 0 Å². The highest BCUT2D eigenvalue weighted by Gasteiger charge is 2.21. The Bertz CT molecular complexity index is 870. The predicted octanol–water partition coefficient (Wildman–Crippen LogP) is 3.13. The monoisotopic (exact) mass is 331 g/mol. The van der Waals surface area contributed by atoms with Gasteiger partial charge in [0.1, 0.15) is 0 Å². The molecule has 1 saturated heterocycles. The first-order valence-corrected chi connectivity index (χ1v) is 8.70. The van der Waals surface area contributed by atoms with Gasteiger partial charge in [0.25, 0.3) is 0 Å². The number of carbonyl (C=O) groups is 1. The van der Waals surface area contributed by atoms with Crippen molar-refractivity contribution in [3.05, 3.63) is 72.6 Å². The van der Waals surface area contributed by atoms with Gasteiger partial charge in [-0.2, -0.15) is 0 Å². The number of rotatable bonds is 3. The molecule has 0 aliphatic carbocycles. The van der Waals surface area contributed by atoms with Crippen LogP contribution >= 0.6 is 0 Å². The van der Waals surface area contributed by atoms with Crippen LogP contribution in [0.4, 0.5) is 5.69 Å². The molecule has 126 valence electrons. The Morgan fingerprint density at radius 1 is 0.880 bits per heavy atom. The Morgan fingerprint density at radius 3 is 2.36 bits per heavy atom. The van der Waals surface area contributed by atoms with Crippen molar-refractivity contribution in [2.75, 3.05) is 31.1 Å². The van der Waals surface area contributed by atoms with E-state index in [0.29, 0.717) is 6.42 Å². The van der Waals surface area contributed by atoms with Gasteiger partial charge in [0.15, 0.2) is 0 Å². The Morgan fingerprint density at radius 2 is 1.60 bits per heavy atom. The number of fused-ring (bicyclic) bond motifs is 1. The van der Waals surface area contributed by atoms with Crippen LogP contribution in [0.5, 0.6) is 0 Å². The molecule has 1 aromatic heterocycles. The van der Waals surface area contributed by atoms with Gasteiger partial charge in [-0.15, -0.1) is 0 Å². The van der Waals surface area contributed by atoms with Gasteiger partial charge in [-0.25, -0.2) is 0 Å². The van der Waals surface area contributed by atoms with Crippen LogP contribution in [0.15, 0.2) is 67.0 Å². The quantitative estimate of drug-likeness (QED) is 0.740. The zero-order chi connectivity index (χ0) is 17.1. The molecule has 0 spiro atoms. The summed E-state index contributed by atoms with van der Waals surface area (Å²) >= 11 is 0. The lowest BCUT2D eigenvalue weighted by Gasteiger charge is -2.36. The SMILES string of the molecule is O=C(Cc1ccc2ccccc2c1)N1CCN(c2ccncc2)CC1. The number of aromatic nitrogens is 1. The minimum atomic E-state index is 0.213. The van der Waals surface area contributed by atoms with E-state index in [4.69, 9.17) is 0 Å². The van der Waals surface area contributed by atoms with E-state index in [0.717, 1.165) is 31.7 Å². The molecule has 3 aromatic rings. The van der Waals surface area contributed by atoms with E-state index >= 15 is 0 Å². The number of nitrogens with zero attached hydrogens (tertiary/aromatic N) is 3. The van der Waals surface area contributed by atoms with Crippen molar-refractivity contribution in [2.45, 2.75) is 6.42 Å². The number of amides is 1. The number of hydrogen-bond acceptors (Lipinski definition) is 3. The zero-order valence-electron chi connectivity index (χ0n) is 14.1. The molecule has 0 atom stereocenters. The van der Waals surface area contributed by atoms with E-state index in [1.54, 1.807) is 0 Å². The molecule has 2 aromatic carbocycles. The molecule has 0 unspecified atom stereocenters. The summed E-state index contributed by atoms with van der Waals surface area (Å²) in [5, 5.41) is 2.40. The van der Waals surface area contributed by atoms with Gasteiger partial charge in [-0.1, -0.05) is 42.5 Å². The summed E-state index contributed by atoms with van der Waals surface area (Å²) in [5.74, 6) is 0.213. The molecule has 0 bridgehead atoms. The molecule has 0 saturated carbocycles. The second-order valence-corrected chi connectivity index (χ2v) is 6.43. The largest absolute Gasteiger partial charge is 0.368 e. The molecule has 4 rings (SSSR count). The van der Waals surface area contributed by atoms with Crippen molar-refractivity contribution >= 4 is 22.4 Å². The van der Waals surface area contributed by atoms with Crippen LogP contribution in [0.1, 0.15) is 5.56 Å². The van der Waals surface area contributed by atoms with E-state index in [-0.39, 0.29) is 5.91 Å². The summed E-state index contributed by atoms with van der Waals surface area (Å²) in [5.41, 5.74) is 2.26. The van der Waals surface area contributed by atoms with Gasteiger partial charge in [-0.05, 0) is 28.5 Å². The molecule has 25 heavy (non-hydrogen) atoms. The number of hydrogen-bond donors (Lipinski definition) is 0. The Hall–Kier alpha value is -2.88. The topological polar surface area (TPSA) is 36.4 Å². The lowest BCUT2D eigenvalue weighted by Crippen LogP contribution is -2.49. The van der Waals surface area contributed by atoms with Crippen molar-refractivity contribution in [2.24, 2.45) is 0 Å². The molecule has 4 nitrogen and oxygen atoms in total. The first kappa shape index (κ1) is 15.6. The fraction of sp³-hybridized carbons (Fsp3) is 0.238. The first-order valence-electron chi connectivity index (χ1n) is 8.70. The fourth-order valence-corrected chi connectivity index (χ4v) is 3.40. The molecule has 0 N–H and O–H groups in total. The Kier molecular flexibility index (Phi) is 4.34. The lowest BCUT2D eigenvalue weighted by molar-refractivity contribution is -0.130. The highest BCUT2D eigenvalue weighted by Crippen LogP contribution is 2.18. The molecule has 1 aliphatic heterocycles. The summed E-state index contributed by atoms with van der Waals surface area (Å²) in [6, 6.07) is 18.6. The van der Waals surface area contributed by atoms with Gasteiger partial charge in [0, 0.05) is 44.3 Å². The summed E-state index contributed by atoms with van der Waals surface area (Å²) in [6.45, 7) is 3.28. The van der Waals surface area contributed by atoms with Crippen LogP contribution in [0.2, 0.25) is 0 Å². The second kappa shape index (κ2) is 6.93. The molecule has 2 heterocycles. The molecular weight excluding hydrogens is 310 g/mol. The average Bonchev–Trinajstić information content (AvgIpc) is 2.69. The Labute approximate surface area is 147 Å². The van der Waals surface area contributed by atoms with Gasteiger partial charge in [0.2, 0.25) is 5.91 Å². The average molecular weight is 331 g/mol. The normalized spacial score (nSPS) is 14.7. The zero-order valence-corrected chi connectivity index (χ0v) is 14.1. The van der Waals surface area contributed by atoms with Crippen LogP contribution in [-0.2, 0) is 11.2 Å². The van der Waals surface area contributed by atoms with Gasteiger partial charge in [-0.3, -0.25) is 9.78 Å². The van der Waals surface area contributed by atoms with E-state index in [2.05, 4.69) is 40.2 Å². The molecule has 0 radical (unpaired) electrons. The van der Waals surface area contributed by atoms with Crippen LogP contribution in [0.25, 0.3) is 10.8 Å². The highest BCUT2D eigenvalue weighted by atomic mass is 16.2. The highest BCUT2D eigenvalue weighted by molar-refractivity contribution is 5.85. The number of benzene rings is 2. The standard InChI is InChI=1S/C21H21N3O/c25-21(16-17-5-6-18-3-1-2-4-19(18)15-17)24-13-11-23(12-14-24)20-7-9-22-10-8-20/h1-10,15H,11-14,16H2. The number of piperazine rings is 1. The second-order valence-electron chi connectivity index (χ2n) is 6.43. The molecule has 1 aliphatic rings. The van der Waals surface area contributed by atoms with Crippen molar-refractivity contribution < 1.29 is 4.79 Å². The van der Waals surface area contributed by atoms with Gasteiger partial charge >= 0.3 is 0 Å². The smallest absolute Gasteiger partial charge is 0.227 e. The summed E-state index contributed by atoms with van der Waals surface area (Å²) in [4.78, 5) is 21.0. The van der Waals surface area contributed by atoms with Crippen LogP contribution in [-0.4, -0.2) is 42.0 Å². The van der Waals surface area contributed by atoms with Crippen molar-refractivity contribution in [3.8, 4) is 0 Å². The minimum absolute atomic E-state index is 0.213. The molecule has 1 fully saturated rings. The third kappa shape index (κ3) is 3.48. The van der Waals surface area contributed by atoms with Gasteiger partial charge < -0.3 is 9.80 Å². The van der Waals surface area contributed by atoms with Crippen molar-refractivity contribution in [1.82, 2.24) is 9.88 Å². The summed E-state index contributed by atoms with van der Waals surface area (Å²) in [6.07, 6.45) is 4.10. The predicted molar refractivity (Wildman–Crippen MR) is 101 cm³/mol. The molecule has 4 heteroatoms. The van der Waals surface area contributed by atoms with Crippen LogP contribution < -0.4 is 4.90 Å². The maximum Gasteiger partial charge on any atom is 0.227 e. The van der Waals surface area contributed by atoms with Crippen molar-refractivity contribution in [1.29, 1.82) is 0 Å². The fourth-order valence-electron chi connectivity index (χ4n) is 3.40. The van der Waals surface area contributed by atoms with E-state index < -0.39 is 0 Å². The van der Waals surface area contributed by atoms with E-state index in [9.17, 15) is 4.79 Å². The van der Waals surface area contributed by atoms with E-state index in [1.165, 1.54) is 16.5 Å². The number of pyridine rings is 1. The lowest BCUT2D eigenvalue weighted by atomic mass is 10.0. The molecule has 1 amide bonds. The maximum absolute atomic E-state index is 12.6. The summed E-state index contributed by atoms with van der Waals surface area (Å²) < 4.78 is 0. The van der Waals surface area contributed by atoms with E-state index in [1.807, 2.05) is 41.6 Å². The first-order chi connectivity index (χ1) is 12.3. The Balaban J connectivity index is 1.38. The molecular formula is C21H21N3O. The van der Waals surface area contributed by atoms with Crippen LogP contribution in [0, 0.1) is 0 Å². The third-order valence-electron chi connectivity index (χ3n) is 4.83. The number of anilines is 1. The third-order valence-corrected chi connectivity index (χ3v) is 4.83. The minimum Gasteiger partial charge on any atom is -0.368 e. The maximum atomic E-state index is 12.6. The number of carbonyl (C=O) groups excluding carboxylic acids is 1.